The Morgan fingerprint density at radius 1 is 0.295 bits per heavy atom. The van der Waals surface area contributed by atoms with E-state index in [1.807, 2.05) is 0 Å². The maximum Gasteiger partial charge on any atom is 0.472 e. The van der Waals surface area contributed by atoms with Gasteiger partial charge >= 0.3 is 39.5 Å². The fraction of sp³-hybridized carbons (Fsp3) is 0.947. The molecule has 0 saturated heterocycles. The lowest BCUT2D eigenvalue weighted by Crippen LogP contribution is -2.30. The van der Waals surface area contributed by atoms with Crippen LogP contribution in [0.15, 0.2) is 0 Å². The van der Waals surface area contributed by atoms with Crippen LogP contribution in [0.4, 0.5) is 0 Å². The summed E-state index contributed by atoms with van der Waals surface area (Å²) in [7, 11) is -9.91. The topological polar surface area (TPSA) is 237 Å². The van der Waals surface area contributed by atoms with E-state index in [2.05, 4.69) is 55.4 Å². The molecule has 0 aromatic carbocycles. The molecular formula is C76H148O17P2. The molecule has 0 rings (SSSR count). The van der Waals surface area contributed by atoms with Crippen LogP contribution in [-0.4, -0.2) is 96.7 Å². The number of rotatable bonds is 73. The van der Waals surface area contributed by atoms with E-state index in [0.29, 0.717) is 25.7 Å². The van der Waals surface area contributed by atoms with Crippen LogP contribution in [0.3, 0.4) is 0 Å². The van der Waals surface area contributed by atoms with Crippen molar-refractivity contribution in [3.05, 3.63) is 0 Å². The molecule has 0 bridgehead atoms. The number of ether oxygens (including phenoxy) is 4. The third kappa shape index (κ3) is 67.6. The zero-order valence-electron chi connectivity index (χ0n) is 62.3. The van der Waals surface area contributed by atoms with Crippen LogP contribution in [0.25, 0.3) is 0 Å². The van der Waals surface area contributed by atoms with E-state index in [4.69, 9.17) is 37.0 Å². The Labute approximate surface area is 581 Å². The molecule has 0 spiro atoms. The molecule has 19 heteroatoms. The molecule has 0 saturated carbocycles. The zero-order valence-corrected chi connectivity index (χ0v) is 64.1. The number of aliphatic hydroxyl groups is 1. The zero-order chi connectivity index (χ0) is 70.3. The van der Waals surface area contributed by atoms with Gasteiger partial charge in [-0.05, 0) is 49.4 Å². The SMILES string of the molecule is CCC(C)CCCCCCCCC(=O)OC[C@H](COP(=O)(O)OC[C@H](O)COP(=O)(O)OC[C@@H](COC(=O)CCCCCCCCCCCCCC(C)C)OC(=O)CCCCCCCCC(C)CC)OC(=O)CCCCCCCCCCCCCCCCCCCCC(C)C. The quantitative estimate of drug-likeness (QED) is 0.0222. The number of carbonyl (C=O) groups is 4. The van der Waals surface area contributed by atoms with E-state index < -0.39 is 97.5 Å². The number of aliphatic hydroxyl groups excluding tert-OH is 1. The lowest BCUT2D eigenvalue weighted by atomic mass is 10.00. The second kappa shape index (κ2) is 65.4. The smallest absolute Gasteiger partial charge is 0.462 e. The van der Waals surface area contributed by atoms with Crippen molar-refractivity contribution in [1.29, 1.82) is 0 Å². The van der Waals surface area contributed by atoms with Crippen molar-refractivity contribution in [1.82, 2.24) is 0 Å². The van der Waals surface area contributed by atoms with Crippen LogP contribution < -0.4 is 0 Å². The molecule has 0 aliphatic carbocycles. The summed E-state index contributed by atoms with van der Waals surface area (Å²) >= 11 is 0. The molecule has 0 aromatic heterocycles. The largest absolute Gasteiger partial charge is 0.472 e. The van der Waals surface area contributed by atoms with Crippen LogP contribution in [-0.2, 0) is 65.4 Å². The maximum atomic E-state index is 13.1. The van der Waals surface area contributed by atoms with Crippen LogP contribution >= 0.6 is 15.6 Å². The van der Waals surface area contributed by atoms with Crippen molar-refractivity contribution in [2.75, 3.05) is 39.6 Å². The molecule has 7 atom stereocenters. The summed E-state index contributed by atoms with van der Waals surface area (Å²) in [5, 5.41) is 10.6. The first kappa shape index (κ1) is 93.1. The standard InChI is InChI=1S/C76H148O17P2/c1-9-68(7)54-46-38-32-34-41-49-57-74(79)87-63-71(92-75(80)58-50-42-31-27-22-18-16-14-12-11-13-15-17-20-24-28-36-44-52-66(3)4)64-90-94(82,83)88-60-70(77)61-89-95(84,85)91-65-72(93-76(81)59-51-43-35-33-39-47-55-69(8)10-2)62-86-73(78)56-48-40-30-26-23-19-21-25-29-37-45-53-67(5)6/h66-72,77H,9-65H2,1-8H3,(H,82,83)(H,84,85)/t68?,69?,70-,71+,72+/m0/s1. The van der Waals surface area contributed by atoms with E-state index in [0.717, 1.165) is 120 Å². The molecule has 17 nitrogen and oxygen atoms in total. The van der Waals surface area contributed by atoms with E-state index in [-0.39, 0.29) is 25.7 Å². The normalized spacial score (nSPS) is 14.7. The molecule has 95 heavy (non-hydrogen) atoms. The van der Waals surface area contributed by atoms with Gasteiger partial charge in [0.1, 0.15) is 19.3 Å². The minimum atomic E-state index is -4.96. The van der Waals surface area contributed by atoms with Gasteiger partial charge in [-0.25, -0.2) is 9.13 Å². The monoisotopic (exact) mass is 1400 g/mol. The second-order valence-corrected chi connectivity index (χ2v) is 31.7. The van der Waals surface area contributed by atoms with Crippen molar-refractivity contribution in [2.24, 2.45) is 23.7 Å². The first-order chi connectivity index (χ1) is 45.7. The number of hydrogen-bond donors (Lipinski definition) is 3. The summed E-state index contributed by atoms with van der Waals surface area (Å²) < 4.78 is 68.5. The summed E-state index contributed by atoms with van der Waals surface area (Å²) in [6, 6.07) is 0. The number of carbonyl (C=O) groups excluding carboxylic acids is 4. The Balaban J connectivity index is 5.17. The summed E-state index contributed by atoms with van der Waals surface area (Å²) in [4.78, 5) is 72.7. The first-order valence-electron chi connectivity index (χ1n) is 39.3. The summed E-state index contributed by atoms with van der Waals surface area (Å²) in [6.45, 7) is 14.1. The Kier molecular flexibility index (Phi) is 64.0. The minimum absolute atomic E-state index is 0.102. The molecule has 564 valence electrons. The van der Waals surface area contributed by atoms with Gasteiger partial charge in [0, 0.05) is 25.7 Å². The highest BCUT2D eigenvalue weighted by molar-refractivity contribution is 7.47. The Morgan fingerprint density at radius 3 is 0.747 bits per heavy atom. The highest BCUT2D eigenvalue weighted by atomic mass is 31.2. The molecule has 0 aromatic rings. The lowest BCUT2D eigenvalue weighted by Gasteiger charge is -2.21. The highest BCUT2D eigenvalue weighted by Gasteiger charge is 2.30. The number of unbranched alkanes of at least 4 members (excludes halogenated alkanes) is 37. The van der Waals surface area contributed by atoms with Crippen molar-refractivity contribution in [2.45, 2.75) is 401 Å². The Bertz CT molecular complexity index is 1870. The molecule has 0 aliphatic heterocycles. The van der Waals surface area contributed by atoms with Gasteiger partial charge in [-0.15, -0.1) is 0 Å². The third-order valence-corrected chi connectivity index (χ3v) is 20.2. The fourth-order valence-electron chi connectivity index (χ4n) is 11.5. The average Bonchev–Trinajstić information content (AvgIpc) is 3.71. The highest BCUT2D eigenvalue weighted by Crippen LogP contribution is 2.45. The van der Waals surface area contributed by atoms with Gasteiger partial charge in [-0.2, -0.15) is 0 Å². The van der Waals surface area contributed by atoms with Crippen LogP contribution in [0.5, 0.6) is 0 Å². The molecule has 0 fully saturated rings. The van der Waals surface area contributed by atoms with Gasteiger partial charge in [0.25, 0.3) is 0 Å². The molecule has 4 unspecified atom stereocenters. The molecular weight excluding hydrogens is 1250 g/mol. The number of esters is 4. The van der Waals surface area contributed by atoms with Gasteiger partial charge < -0.3 is 33.8 Å². The van der Waals surface area contributed by atoms with E-state index >= 15 is 0 Å². The van der Waals surface area contributed by atoms with Crippen molar-refractivity contribution in [3.63, 3.8) is 0 Å². The fourth-order valence-corrected chi connectivity index (χ4v) is 13.1. The summed E-state index contributed by atoms with van der Waals surface area (Å²) in [6.07, 6.45) is 50.2. The number of phosphoric acid groups is 2. The third-order valence-electron chi connectivity index (χ3n) is 18.3. The van der Waals surface area contributed by atoms with E-state index in [1.54, 1.807) is 0 Å². The molecule has 0 amide bonds. The van der Waals surface area contributed by atoms with Gasteiger partial charge in [-0.3, -0.25) is 37.3 Å². The van der Waals surface area contributed by atoms with Crippen LogP contribution in [0.2, 0.25) is 0 Å². The molecule has 3 N–H and O–H groups in total. The van der Waals surface area contributed by atoms with Crippen LogP contribution in [0, 0.1) is 23.7 Å². The predicted octanol–water partition coefficient (Wildman–Crippen LogP) is 22.0. The second-order valence-electron chi connectivity index (χ2n) is 28.8. The first-order valence-corrected chi connectivity index (χ1v) is 42.3. The molecule has 0 radical (unpaired) electrons. The van der Waals surface area contributed by atoms with Gasteiger partial charge in [0.05, 0.1) is 26.4 Å². The van der Waals surface area contributed by atoms with Crippen LogP contribution in [0.1, 0.15) is 383 Å². The average molecular weight is 1400 g/mol. The lowest BCUT2D eigenvalue weighted by molar-refractivity contribution is -0.161. The predicted molar refractivity (Wildman–Crippen MR) is 386 cm³/mol. The van der Waals surface area contributed by atoms with Crippen molar-refractivity contribution < 1.29 is 80.2 Å². The van der Waals surface area contributed by atoms with Crippen molar-refractivity contribution in [3.8, 4) is 0 Å². The maximum absolute atomic E-state index is 13.1. The summed E-state index contributed by atoms with van der Waals surface area (Å²) in [5.74, 6) is 0.917. The number of phosphoric ester groups is 2. The summed E-state index contributed by atoms with van der Waals surface area (Å²) in [5.41, 5.74) is 0. The van der Waals surface area contributed by atoms with Gasteiger partial charge in [0.15, 0.2) is 12.2 Å². The molecule has 0 aliphatic rings. The minimum Gasteiger partial charge on any atom is -0.462 e. The molecule has 0 heterocycles. The Morgan fingerprint density at radius 2 is 0.505 bits per heavy atom. The van der Waals surface area contributed by atoms with Crippen molar-refractivity contribution >= 4 is 39.5 Å². The van der Waals surface area contributed by atoms with Gasteiger partial charge in [0.2, 0.25) is 0 Å². The number of hydrogen-bond acceptors (Lipinski definition) is 15. The van der Waals surface area contributed by atoms with E-state index in [9.17, 15) is 43.2 Å². The Hall–Kier alpha value is -1.94. The van der Waals surface area contributed by atoms with E-state index in [1.165, 1.54) is 180 Å². The van der Waals surface area contributed by atoms with Gasteiger partial charge in [-0.1, -0.05) is 331 Å².